The van der Waals surface area contributed by atoms with Crippen molar-refractivity contribution in [3.8, 4) is 11.1 Å². The van der Waals surface area contributed by atoms with Gasteiger partial charge in [-0.1, -0.05) is 38.0 Å². The van der Waals surface area contributed by atoms with Crippen molar-refractivity contribution in [2.45, 2.75) is 38.5 Å². The largest absolute Gasteiger partial charge is 0.382 e. The summed E-state index contributed by atoms with van der Waals surface area (Å²) in [6, 6.07) is 6.76. The third kappa shape index (κ3) is 2.30. The first-order chi connectivity index (χ1) is 9.66. The molecule has 0 aliphatic heterocycles. The highest BCUT2D eigenvalue weighted by Crippen LogP contribution is 2.41. The van der Waals surface area contributed by atoms with Crippen molar-refractivity contribution in [2.75, 3.05) is 5.73 Å². The van der Waals surface area contributed by atoms with Gasteiger partial charge in [-0.25, -0.2) is 4.39 Å². The fourth-order valence-electron chi connectivity index (χ4n) is 3.16. The van der Waals surface area contributed by atoms with Crippen LogP contribution in [0.2, 0.25) is 0 Å². The maximum Gasteiger partial charge on any atom is 0.153 e. The Morgan fingerprint density at radius 1 is 1.20 bits per heavy atom. The molecular formula is C16H20FN3. The van der Waals surface area contributed by atoms with E-state index in [4.69, 9.17) is 5.73 Å². The molecule has 1 heterocycles. The monoisotopic (exact) mass is 273 g/mol. The van der Waals surface area contributed by atoms with Crippen LogP contribution in [-0.4, -0.2) is 10.2 Å². The first-order valence-corrected chi connectivity index (χ1v) is 7.25. The number of benzene rings is 1. The summed E-state index contributed by atoms with van der Waals surface area (Å²) in [5.74, 6) is 1.34. The van der Waals surface area contributed by atoms with Gasteiger partial charge in [-0.15, -0.1) is 0 Å². The van der Waals surface area contributed by atoms with Crippen molar-refractivity contribution < 1.29 is 4.39 Å². The second-order valence-corrected chi connectivity index (χ2v) is 5.83. The summed E-state index contributed by atoms with van der Waals surface area (Å²) in [7, 11) is 0. The molecule has 0 amide bonds. The number of rotatable bonds is 2. The van der Waals surface area contributed by atoms with E-state index in [1.54, 1.807) is 12.1 Å². The van der Waals surface area contributed by atoms with Crippen LogP contribution in [0.5, 0.6) is 0 Å². The van der Waals surface area contributed by atoms with E-state index in [-0.39, 0.29) is 5.82 Å². The smallest absolute Gasteiger partial charge is 0.153 e. The van der Waals surface area contributed by atoms with Crippen LogP contribution in [-0.2, 0) is 0 Å². The molecule has 0 bridgehead atoms. The molecule has 0 saturated heterocycles. The van der Waals surface area contributed by atoms with Crippen LogP contribution in [0.15, 0.2) is 24.3 Å². The topological polar surface area (TPSA) is 54.7 Å². The fraction of sp³-hybridized carbons (Fsp3) is 0.438. The van der Waals surface area contributed by atoms with Crippen molar-refractivity contribution in [2.24, 2.45) is 5.92 Å². The molecule has 3 nitrogen and oxygen atoms in total. The maximum atomic E-state index is 14.0. The Kier molecular flexibility index (Phi) is 3.47. The molecule has 0 atom stereocenters. The zero-order valence-electron chi connectivity index (χ0n) is 11.7. The van der Waals surface area contributed by atoms with Gasteiger partial charge in [0.05, 0.1) is 0 Å². The van der Waals surface area contributed by atoms with E-state index in [0.29, 0.717) is 17.3 Å². The molecule has 20 heavy (non-hydrogen) atoms. The Morgan fingerprint density at radius 2 is 1.90 bits per heavy atom. The second-order valence-electron chi connectivity index (χ2n) is 5.83. The number of hydrogen-bond donors (Lipinski definition) is 2. The molecule has 3 N–H and O–H groups in total. The molecule has 1 fully saturated rings. The molecule has 1 aromatic heterocycles. The van der Waals surface area contributed by atoms with E-state index in [1.807, 2.05) is 6.07 Å². The van der Waals surface area contributed by atoms with Crippen molar-refractivity contribution >= 4 is 5.82 Å². The lowest BCUT2D eigenvalue weighted by atomic mass is 9.80. The normalized spacial score (nSPS) is 22.9. The molecule has 3 rings (SSSR count). The predicted octanol–water partition coefficient (Wildman–Crippen LogP) is 4.09. The van der Waals surface area contributed by atoms with E-state index in [0.717, 1.165) is 30.0 Å². The van der Waals surface area contributed by atoms with E-state index >= 15 is 0 Å². The molecule has 1 saturated carbocycles. The lowest BCUT2D eigenvalue weighted by molar-refractivity contribution is 0.344. The van der Waals surface area contributed by atoms with Gasteiger partial charge in [0.25, 0.3) is 0 Å². The zero-order valence-corrected chi connectivity index (χ0v) is 11.7. The Hall–Kier alpha value is -1.84. The molecule has 0 radical (unpaired) electrons. The molecule has 1 aromatic carbocycles. The van der Waals surface area contributed by atoms with E-state index in [9.17, 15) is 4.39 Å². The maximum absolute atomic E-state index is 14.0. The molecular weight excluding hydrogens is 253 g/mol. The minimum atomic E-state index is -0.244. The Morgan fingerprint density at radius 3 is 2.60 bits per heavy atom. The molecule has 4 heteroatoms. The van der Waals surface area contributed by atoms with E-state index in [2.05, 4.69) is 17.1 Å². The number of aromatic amines is 1. The van der Waals surface area contributed by atoms with E-state index < -0.39 is 0 Å². The average Bonchev–Trinajstić information content (AvgIpc) is 2.82. The minimum absolute atomic E-state index is 0.244. The summed E-state index contributed by atoms with van der Waals surface area (Å²) >= 11 is 0. The molecule has 0 spiro atoms. The first-order valence-electron chi connectivity index (χ1n) is 7.25. The number of nitrogens with zero attached hydrogens (tertiary/aromatic N) is 1. The summed E-state index contributed by atoms with van der Waals surface area (Å²) in [5, 5.41) is 7.16. The van der Waals surface area contributed by atoms with Crippen LogP contribution in [0.1, 0.15) is 44.2 Å². The summed E-state index contributed by atoms with van der Waals surface area (Å²) < 4.78 is 14.0. The zero-order chi connectivity index (χ0) is 14.1. The van der Waals surface area contributed by atoms with Gasteiger partial charge in [-0.3, -0.25) is 5.10 Å². The number of aromatic nitrogens is 2. The van der Waals surface area contributed by atoms with Crippen molar-refractivity contribution in [3.05, 3.63) is 35.8 Å². The minimum Gasteiger partial charge on any atom is -0.382 e. The van der Waals surface area contributed by atoms with E-state index in [1.165, 1.54) is 18.9 Å². The number of hydrogen-bond acceptors (Lipinski definition) is 2. The molecule has 1 aliphatic carbocycles. The summed E-state index contributed by atoms with van der Waals surface area (Å²) in [6.45, 7) is 2.29. The SMILES string of the molecule is CC1CCC(c2[nH]nc(N)c2-c2ccccc2F)CC1. The number of nitrogen functional groups attached to an aromatic ring is 1. The van der Waals surface area contributed by atoms with Crippen molar-refractivity contribution in [1.29, 1.82) is 0 Å². The van der Waals surface area contributed by atoms with Gasteiger partial charge in [0.1, 0.15) is 5.82 Å². The first kappa shape index (κ1) is 13.2. The second kappa shape index (κ2) is 5.27. The third-order valence-corrected chi connectivity index (χ3v) is 4.39. The van der Waals surface area contributed by atoms with Crippen molar-refractivity contribution in [3.63, 3.8) is 0 Å². The van der Waals surface area contributed by atoms with Crippen LogP contribution < -0.4 is 5.73 Å². The summed E-state index contributed by atoms with van der Waals surface area (Å²) in [5.41, 5.74) is 8.27. The van der Waals surface area contributed by atoms with Crippen molar-refractivity contribution in [1.82, 2.24) is 10.2 Å². The van der Waals surface area contributed by atoms with Gasteiger partial charge < -0.3 is 5.73 Å². The van der Waals surface area contributed by atoms with Gasteiger partial charge >= 0.3 is 0 Å². The third-order valence-electron chi connectivity index (χ3n) is 4.39. The highest BCUT2D eigenvalue weighted by molar-refractivity contribution is 5.77. The number of nitrogens with two attached hydrogens (primary N) is 1. The predicted molar refractivity (Wildman–Crippen MR) is 78.8 cm³/mol. The molecule has 106 valence electrons. The number of anilines is 1. The highest BCUT2D eigenvalue weighted by atomic mass is 19.1. The molecule has 2 aromatic rings. The van der Waals surface area contributed by atoms with Gasteiger partial charge in [-0.2, -0.15) is 5.10 Å². The Balaban J connectivity index is 2.00. The van der Waals surface area contributed by atoms with Crippen LogP contribution in [0.25, 0.3) is 11.1 Å². The van der Waals surface area contributed by atoms with Gasteiger partial charge in [0, 0.05) is 22.7 Å². The lowest BCUT2D eigenvalue weighted by Crippen LogP contribution is -2.12. The van der Waals surface area contributed by atoms with Crippen LogP contribution in [0, 0.1) is 11.7 Å². The molecule has 0 unspecified atom stereocenters. The quantitative estimate of drug-likeness (QED) is 0.865. The number of H-pyrrole nitrogens is 1. The van der Waals surface area contributed by atoms with Crippen LogP contribution in [0.4, 0.5) is 10.2 Å². The number of nitrogens with one attached hydrogen (secondary N) is 1. The van der Waals surface area contributed by atoms with Crippen LogP contribution in [0.3, 0.4) is 0 Å². The van der Waals surface area contributed by atoms with Gasteiger partial charge in [-0.05, 0) is 24.8 Å². The summed E-state index contributed by atoms with van der Waals surface area (Å²) in [6.07, 6.45) is 4.65. The Labute approximate surface area is 118 Å². The average molecular weight is 273 g/mol. The standard InChI is InChI=1S/C16H20FN3/c1-10-6-8-11(9-7-10)15-14(16(18)20-19-15)12-4-2-3-5-13(12)17/h2-5,10-11H,6-9H2,1H3,(H3,18,19,20). The highest BCUT2D eigenvalue weighted by Gasteiger charge is 2.26. The Bertz CT molecular complexity index is 598. The molecule has 1 aliphatic rings. The summed E-state index contributed by atoms with van der Waals surface area (Å²) in [4.78, 5) is 0. The van der Waals surface area contributed by atoms with Gasteiger partial charge in [0.2, 0.25) is 0 Å². The van der Waals surface area contributed by atoms with Crippen LogP contribution >= 0.6 is 0 Å². The van der Waals surface area contributed by atoms with Gasteiger partial charge in [0.15, 0.2) is 5.82 Å². The number of halogens is 1. The fourth-order valence-corrected chi connectivity index (χ4v) is 3.16. The lowest BCUT2D eigenvalue weighted by Gasteiger charge is -2.26.